The fourth-order valence-electron chi connectivity index (χ4n) is 2.39. The van der Waals surface area contributed by atoms with Crippen LogP contribution in [0.5, 0.6) is 5.75 Å². The van der Waals surface area contributed by atoms with Crippen molar-refractivity contribution in [3.05, 3.63) is 42.5 Å². The summed E-state index contributed by atoms with van der Waals surface area (Å²) >= 11 is 0. The minimum Gasteiger partial charge on any atom is -0.490 e. The van der Waals surface area contributed by atoms with Crippen LogP contribution < -0.4 is 4.74 Å². The molecular weight excluding hydrogens is 226 g/mol. The summed E-state index contributed by atoms with van der Waals surface area (Å²) in [7, 11) is 0. The van der Waals surface area contributed by atoms with Gasteiger partial charge in [0.1, 0.15) is 12.4 Å². The molecule has 0 radical (unpaired) electrons. The fraction of sp³-hybridized carbons (Fsp3) is 0.467. The van der Waals surface area contributed by atoms with Crippen molar-refractivity contribution in [2.24, 2.45) is 0 Å². The van der Waals surface area contributed by atoms with E-state index in [0.717, 1.165) is 25.3 Å². The number of benzene rings is 1. The van der Waals surface area contributed by atoms with Crippen molar-refractivity contribution < 1.29 is 9.84 Å². The number of nitrogens with zero attached hydrogens (tertiary/aromatic N) is 1. The first-order valence-electron chi connectivity index (χ1n) is 6.51. The Kier molecular flexibility index (Phi) is 4.79. The first-order chi connectivity index (χ1) is 8.83. The van der Waals surface area contributed by atoms with Crippen molar-refractivity contribution in [3.63, 3.8) is 0 Å². The molecule has 1 atom stereocenters. The molecule has 18 heavy (non-hydrogen) atoms. The van der Waals surface area contributed by atoms with Crippen LogP contribution in [0.1, 0.15) is 18.4 Å². The second-order valence-electron chi connectivity index (χ2n) is 4.69. The maximum atomic E-state index is 9.28. The molecule has 1 aliphatic heterocycles. The lowest BCUT2D eigenvalue weighted by Gasteiger charge is -2.22. The van der Waals surface area contributed by atoms with E-state index < -0.39 is 0 Å². The van der Waals surface area contributed by atoms with Crippen LogP contribution in [0, 0.1) is 0 Å². The minimum absolute atomic E-state index is 0.264. The van der Waals surface area contributed by atoms with Crippen LogP contribution in [0.25, 0.3) is 0 Å². The summed E-state index contributed by atoms with van der Waals surface area (Å²) in [5, 5.41) is 9.28. The molecular formula is C15H21NO2. The third kappa shape index (κ3) is 3.34. The van der Waals surface area contributed by atoms with E-state index in [9.17, 15) is 5.11 Å². The van der Waals surface area contributed by atoms with E-state index in [2.05, 4.69) is 23.6 Å². The molecule has 0 aliphatic carbocycles. The molecule has 3 nitrogen and oxygen atoms in total. The van der Waals surface area contributed by atoms with Crippen molar-refractivity contribution in [2.75, 3.05) is 19.8 Å². The summed E-state index contributed by atoms with van der Waals surface area (Å²) in [5.41, 5.74) is 1.27. The predicted molar refractivity (Wildman–Crippen MR) is 72.7 cm³/mol. The van der Waals surface area contributed by atoms with E-state index in [1.165, 1.54) is 12.0 Å². The highest BCUT2D eigenvalue weighted by atomic mass is 16.5. The number of hydrogen-bond acceptors (Lipinski definition) is 3. The van der Waals surface area contributed by atoms with Gasteiger partial charge in [0.05, 0.1) is 6.61 Å². The third-order valence-electron chi connectivity index (χ3n) is 3.39. The zero-order valence-corrected chi connectivity index (χ0v) is 10.7. The van der Waals surface area contributed by atoms with E-state index in [1.807, 2.05) is 12.1 Å². The van der Waals surface area contributed by atoms with Gasteiger partial charge in [-0.1, -0.05) is 24.8 Å². The van der Waals surface area contributed by atoms with Gasteiger partial charge in [0.15, 0.2) is 0 Å². The molecule has 1 aromatic carbocycles. The monoisotopic (exact) mass is 247 g/mol. The van der Waals surface area contributed by atoms with Crippen LogP contribution in [0.3, 0.4) is 0 Å². The summed E-state index contributed by atoms with van der Waals surface area (Å²) in [4.78, 5) is 2.35. The van der Waals surface area contributed by atoms with Crippen molar-refractivity contribution in [1.29, 1.82) is 0 Å². The smallest absolute Gasteiger partial charge is 0.119 e. The van der Waals surface area contributed by atoms with Crippen molar-refractivity contribution in [3.8, 4) is 5.75 Å². The molecule has 1 aromatic rings. The van der Waals surface area contributed by atoms with Gasteiger partial charge in [-0.05, 0) is 37.1 Å². The first-order valence-corrected chi connectivity index (χ1v) is 6.51. The molecule has 0 bridgehead atoms. The van der Waals surface area contributed by atoms with Crippen molar-refractivity contribution in [2.45, 2.75) is 25.4 Å². The van der Waals surface area contributed by atoms with Gasteiger partial charge in [-0.2, -0.15) is 0 Å². The van der Waals surface area contributed by atoms with Gasteiger partial charge in [0, 0.05) is 12.6 Å². The standard InChI is InChI=1S/C15H21NO2/c1-2-10-18-15-7-5-13(6-8-15)11-16-9-3-4-14(16)12-17/h2,5-8,14,17H,1,3-4,9-12H2/t14-/m1/s1. The van der Waals surface area contributed by atoms with Gasteiger partial charge in [0.2, 0.25) is 0 Å². The Morgan fingerprint density at radius 1 is 1.39 bits per heavy atom. The fourth-order valence-corrected chi connectivity index (χ4v) is 2.39. The number of likely N-dealkylation sites (tertiary alicyclic amines) is 1. The van der Waals surface area contributed by atoms with Gasteiger partial charge in [-0.3, -0.25) is 4.90 Å². The molecule has 3 heteroatoms. The van der Waals surface area contributed by atoms with Gasteiger partial charge in [0.25, 0.3) is 0 Å². The Balaban J connectivity index is 1.91. The van der Waals surface area contributed by atoms with Crippen LogP contribution in [0.15, 0.2) is 36.9 Å². The molecule has 1 saturated heterocycles. The normalized spacial score (nSPS) is 19.9. The Labute approximate surface area is 109 Å². The van der Waals surface area contributed by atoms with E-state index in [0.29, 0.717) is 12.6 Å². The summed E-state index contributed by atoms with van der Waals surface area (Å²) in [6.07, 6.45) is 4.03. The molecule has 0 amide bonds. The molecule has 0 saturated carbocycles. The van der Waals surface area contributed by atoms with Gasteiger partial charge in [-0.25, -0.2) is 0 Å². The van der Waals surface area contributed by atoms with E-state index in [-0.39, 0.29) is 6.61 Å². The van der Waals surface area contributed by atoms with Crippen LogP contribution in [0.2, 0.25) is 0 Å². The highest BCUT2D eigenvalue weighted by Gasteiger charge is 2.23. The zero-order chi connectivity index (χ0) is 12.8. The van der Waals surface area contributed by atoms with Gasteiger partial charge < -0.3 is 9.84 Å². The average Bonchev–Trinajstić information content (AvgIpc) is 2.85. The minimum atomic E-state index is 0.264. The van der Waals surface area contributed by atoms with Gasteiger partial charge >= 0.3 is 0 Å². The molecule has 2 rings (SSSR count). The van der Waals surface area contributed by atoms with Crippen LogP contribution in [-0.2, 0) is 6.54 Å². The van der Waals surface area contributed by atoms with Crippen LogP contribution in [-0.4, -0.2) is 35.8 Å². The quantitative estimate of drug-likeness (QED) is 0.782. The molecule has 98 valence electrons. The molecule has 1 aliphatic rings. The summed E-state index contributed by atoms with van der Waals surface area (Å²) in [5.74, 6) is 0.874. The number of ether oxygens (including phenoxy) is 1. The van der Waals surface area contributed by atoms with Crippen LogP contribution in [0.4, 0.5) is 0 Å². The maximum absolute atomic E-state index is 9.28. The molecule has 1 fully saturated rings. The van der Waals surface area contributed by atoms with E-state index in [4.69, 9.17) is 4.74 Å². The molecule has 0 unspecified atom stereocenters. The lowest BCUT2D eigenvalue weighted by Crippen LogP contribution is -2.31. The van der Waals surface area contributed by atoms with E-state index >= 15 is 0 Å². The Morgan fingerprint density at radius 2 is 2.17 bits per heavy atom. The van der Waals surface area contributed by atoms with E-state index in [1.54, 1.807) is 6.08 Å². The lowest BCUT2D eigenvalue weighted by molar-refractivity contribution is 0.153. The number of hydrogen-bond donors (Lipinski definition) is 1. The molecule has 1 N–H and O–H groups in total. The molecule has 0 aromatic heterocycles. The first kappa shape index (κ1) is 13.1. The SMILES string of the molecule is C=CCOc1ccc(CN2CCC[C@@H]2CO)cc1. The molecule has 1 heterocycles. The summed E-state index contributed by atoms with van der Waals surface area (Å²) in [6.45, 7) is 6.42. The molecule has 0 spiro atoms. The number of aliphatic hydroxyl groups excluding tert-OH is 1. The van der Waals surface area contributed by atoms with Crippen molar-refractivity contribution in [1.82, 2.24) is 4.90 Å². The second kappa shape index (κ2) is 6.57. The number of aliphatic hydroxyl groups is 1. The maximum Gasteiger partial charge on any atom is 0.119 e. The van der Waals surface area contributed by atoms with Crippen LogP contribution >= 0.6 is 0 Å². The van der Waals surface area contributed by atoms with Gasteiger partial charge in [-0.15, -0.1) is 0 Å². The average molecular weight is 247 g/mol. The third-order valence-corrected chi connectivity index (χ3v) is 3.39. The largest absolute Gasteiger partial charge is 0.490 e. The Bertz CT molecular complexity index is 375. The Morgan fingerprint density at radius 3 is 2.83 bits per heavy atom. The summed E-state index contributed by atoms with van der Waals surface area (Å²) < 4.78 is 5.45. The predicted octanol–water partition coefficient (Wildman–Crippen LogP) is 2.21. The highest BCUT2D eigenvalue weighted by molar-refractivity contribution is 5.27. The topological polar surface area (TPSA) is 32.7 Å². The second-order valence-corrected chi connectivity index (χ2v) is 4.69. The number of rotatable bonds is 6. The Hall–Kier alpha value is -1.32. The summed E-state index contributed by atoms with van der Waals surface area (Å²) in [6, 6.07) is 8.49. The highest BCUT2D eigenvalue weighted by Crippen LogP contribution is 2.20. The van der Waals surface area contributed by atoms with Crippen molar-refractivity contribution >= 4 is 0 Å². The lowest BCUT2D eigenvalue weighted by atomic mass is 10.2. The zero-order valence-electron chi connectivity index (χ0n) is 10.7.